The fourth-order valence-corrected chi connectivity index (χ4v) is 6.03. The predicted octanol–water partition coefficient (Wildman–Crippen LogP) is 3.89. The Morgan fingerprint density at radius 1 is 1.24 bits per heavy atom. The van der Waals surface area contributed by atoms with E-state index in [-0.39, 0.29) is 23.4 Å². The zero-order valence-electron chi connectivity index (χ0n) is 19.8. The molecule has 0 unspecified atom stereocenters. The van der Waals surface area contributed by atoms with Gasteiger partial charge in [0.05, 0.1) is 11.1 Å². The quantitative estimate of drug-likeness (QED) is 0.437. The van der Waals surface area contributed by atoms with Crippen molar-refractivity contribution >= 4 is 45.1 Å². The van der Waals surface area contributed by atoms with Crippen molar-refractivity contribution < 1.29 is 9.59 Å². The number of H-pyrrole nitrogens is 1. The molecule has 0 bridgehead atoms. The number of hydrogen-bond donors (Lipinski definition) is 2. The lowest BCUT2D eigenvalue weighted by atomic mass is 10.1. The summed E-state index contributed by atoms with van der Waals surface area (Å²) in [5.41, 5.74) is 2.73. The number of rotatable bonds is 9. The van der Waals surface area contributed by atoms with Crippen LogP contribution in [0.3, 0.4) is 0 Å². The number of aromatic nitrogens is 2. The highest BCUT2D eigenvalue weighted by atomic mass is 32.2. The number of nitrogens with one attached hydrogen (secondary N) is 2. The molecule has 2 N–H and O–H groups in total. The van der Waals surface area contributed by atoms with Crippen LogP contribution < -0.4 is 10.9 Å². The SMILES string of the molecule is CC(C)N(C)C(=O)c1ccc(CNC(=O)CCSCc2nc3sc4c(c3c(=O)[nH]2)CCC4)cc1. The van der Waals surface area contributed by atoms with Crippen LogP contribution in [0.5, 0.6) is 0 Å². The highest BCUT2D eigenvalue weighted by Gasteiger charge is 2.21. The molecule has 1 aliphatic carbocycles. The van der Waals surface area contributed by atoms with E-state index in [1.165, 1.54) is 10.4 Å². The van der Waals surface area contributed by atoms with Crippen LogP contribution >= 0.6 is 23.1 Å². The summed E-state index contributed by atoms with van der Waals surface area (Å²) in [5, 5.41) is 3.70. The number of aryl methyl sites for hydroxylation is 2. The molecule has 2 amide bonds. The molecule has 0 fully saturated rings. The Morgan fingerprint density at radius 3 is 2.74 bits per heavy atom. The minimum atomic E-state index is -0.0405. The van der Waals surface area contributed by atoms with Crippen molar-refractivity contribution in [1.29, 1.82) is 0 Å². The lowest BCUT2D eigenvalue weighted by Gasteiger charge is -2.21. The first-order valence-electron chi connectivity index (χ1n) is 11.6. The predicted molar refractivity (Wildman–Crippen MR) is 139 cm³/mol. The summed E-state index contributed by atoms with van der Waals surface area (Å²) in [4.78, 5) is 48.5. The monoisotopic (exact) mass is 498 g/mol. The van der Waals surface area contributed by atoms with Gasteiger partial charge in [0.25, 0.3) is 11.5 Å². The number of nitrogens with zero attached hydrogens (tertiary/aromatic N) is 2. The Labute approximate surface area is 207 Å². The topological polar surface area (TPSA) is 95.2 Å². The van der Waals surface area contributed by atoms with Crippen LogP contribution in [0, 0.1) is 0 Å². The molecule has 9 heteroatoms. The summed E-state index contributed by atoms with van der Waals surface area (Å²) < 4.78 is 0. The smallest absolute Gasteiger partial charge is 0.259 e. The number of thioether (sulfide) groups is 1. The lowest BCUT2D eigenvalue weighted by molar-refractivity contribution is -0.120. The minimum Gasteiger partial charge on any atom is -0.352 e. The minimum absolute atomic E-state index is 0.0132. The van der Waals surface area contributed by atoms with Gasteiger partial charge in [0.15, 0.2) is 0 Å². The van der Waals surface area contributed by atoms with E-state index < -0.39 is 0 Å². The molecule has 7 nitrogen and oxygen atoms in total. The second kappa shape index (κ2) is 10.7. The normalized spacial score (nSPS) is 12.8. The molecular weight excluding hydrogens is 468 g/mol. The fraction of sp³-hybridized carbons (Fsp3) is 0.440. The van der Waals surface area contributed by atoms with E-state index >= 15 is 0 Å². The Kier molecular flexibility index (Phi) is 7.73. The summed E-state index contributed by atoms with van der Waals surface area (Å²) in [6.07, 6.45) is 3.53. The second-order valence-corrected chi connectivity index (χ2v) is 11.0. The number of hydrogen-bond acceptors (Lipinski definition) is 6. The van der Waals surface area contributed by atoms with Crippen molar-refractivity contribution in [3.63, 3.8) is 0 Å². The molecule has 0 aliphatic heterocycles. The third kappa shape index (κ3) is 5.52. The maximum atomic E-state index is 12.5. The van der Waals surface area contributed by atoms with Crippen molar-refractivity contribution in [1.82, 2.24) is 20.2 Å². The lowest BCUT2D eigenvalue weighted by Crippen LogP contribution is -2.32. The number of benzene rings is 1. The van der Waals surface area contributed by atoms with Gasteiger partial charge in [-0.25, -0.2) is 4.98 Å². The van der Waals surface area contributed by atoms with Gasteiger partial charge in [0, 0.05) is 42.2 Å². The third-order valence-corrected chi connectivity index (χ3v) is 8.28. The average Bonchev–Trinajstić information content (AvgIpc) is 3.41. The summed E-state index contributed by atoms with van der Waals surface area (Å²) in [5.74, 6) is 1.84. The number of carbonyl (C=O) groups excluding carboxylic acids is 2. The molecule has 0 radical (unpaired) electrons. The summed E-state index contributed by atoms with van der Waals surface area (Å²) >= 11 is 3.23. The van der Waals surface area contributed by atoms with Crippen molar-refractivity contribution in [2.24, 2.45) is 0 Å². The summed E-state index contributed by atoms with van der Waals surface area (Å²) in [6, 6.07) is 7.47. The summed E-state index contributed by atoms with van der Waals surface area (Å²) in [6.45, 7) is 4.37. The molecule has 34 heavy (non-hydrogen) atoms. The van der Waals surface area contributed by atoms with Gasteiger partial charge in [-0.15, -0.1) is 11.3 Å². The first-order chi connectivity index (χ1) is 16.3. The van der Waals surface area contributed by atoms with Crippen molar-refractivity contribution in [3.05, 3.63) is 62.0 Å². The zero-order valence-corrected chi connectivity index (χ0v) is 21.4. The molecule has 4 rings (SSSR count). The van der Waals surface area contributed by atoms with Crippen LogP contribution in [0.1, 0.15) is 58.9 Å². The molecule has 3 aromatic rings. The first kappa shape index (κ1) is 24.5. The van der Waals surface area contributed by atoms with Gasteiger partial charge in [-0.1, -0.05) is 12.1 Å². The van der Waals surface area contributed by atoms with E-state index in [1.807, 2.05) is 26.0 Å². The number of thiophene rings is 1. The first-order valence-corrected chi connectivity index (χ1v) is 13.5. The highest BCUT2D eigenvalue weighted by Crippen LogP contribution is 2.34. The van der Waals surface area contributed by atoms with E-state index in [9.17, 15) is 14.4 Å². The van der Waals surface area contributed by atoms with Crippen LogP contribution in [0.15, 0.2) is 29.1 Å². The number of carbonyl (C=O) groups is 2. The van der Waals surface area contributed by atoms with Crippen LogP contribution in [0.4, 0.5) is 0 Å². The van der Waals surface area contributed by atoms with Crippen molar-refractivity contribution in [3.8, 4) is 0 Å². The van der Waals surface area contributed by atoms with Gasteiger partial charge in [-0.2, -0.15) is 11.8 Å². The second-order valence-electron chi connectivity index (χ2n) is 8.84. The summed E-state index contributed by atoms with van der Waals surface area (Å²) in [7, 11) is 1.79. The van der Waals surface area contributed by atoms with E-state index in [2.05, 4.69) is 15.3 Å². The molecule has 0 saturated carbocycles. The third-order valence-electron chi connectivity index (χ3n) is 6.12. The Bertz CT molecular complexity index is 1250. The number of fused-ring (bicyclic) bond motifs is 3. The van der Waals surface area contributed by atoms with Gasteiger partial charge in [-0.3, -0.25) is 14.4 Å². The van der Waals surface area contributed by atoms with E-state index in [0.717, 1.165) is 35.0 Å². The number of amides is 2. The average molecular weight is 499 g/mol. The van der Waals surface area contributed by atoms with Crippen LogP contribution in [0.25, 0.3) is 10.2 Å². The highest BCUT2D eigenvalue weighted by molar-refractivity contribution is 7.98. The zero-order chi connectivity index (χ0) is 24.2. The van der Waals surface area contributed by atoms with Gasteiger partial charge in [-0.05, 0) is 56.4 Å². The largest absolute Gasteiger partial charge is 0.352 e. The van der Waals surface area contributed by atoms with Gasteiger partial charge in [0.2, 0.25) is 5.91 Å². The van der Waals surface area contributed by atoms with Crippen LogP contribution in [-0.2, 0) is 29.9 Å². The van der Waals surface area contributed by atoms with E-state index in [1.54, 1.807) is 47.2 Å². The van der Waals surface area contributed by atoms with Crippen LogP contribution in [-0.4, -0.2) is 45.5 Å². The van der Waals surface area contributed by atoms with E-state index in [4.69, 9.17) is 0 Å². The maximum absolute atomic E-state index is 12.5. The Hall–Kier alpha value is -2.65. The number of aromatic amines is 1. The standard InChI is InChI=1S/C25H30N4O3S2/c1-15(2)29(3)25(32)17-9-7-16(8-10-17)13-26-21(30)11-12-33-14-20-27-23(31)22-18-5-4-6-19(18)34-24(22)28-20/h7-10,15H,4-6,11-14H2,1-3H3,(H,26,30)(H,27,28,31). The van der Waals surface area contributed by atoms with Crippen LogP contribution in [0.2, 0.25) is 0 Å². The van der Waals surface area contributed by atoms with Gasteiger partial charge in [0.1, 0.15) is 10.7 Å². The molecule has 2 aromatic heterocycles. The molecule has 2 heterocycles. The van der Waals surface area contributed by atoms with Gasteiger partial charge < -0.3 is 15.2 Å². The Balaban J connectivity index is 1.21. The molecule has 180 valence electrons. The Morgan fingerprint density at radius 2 is 2.00 bits per heavy atom. The molecule has 0 atom stereocenters. The molecule has 0 saturated heterocycles. The molecule has 1 aliphatic rings. The molecule has 1 aromatic carbocycles. The van der Waals surface area contributed by atoms with Crippen molar-refractivity contribution in [2.75, 3.05) is 12.8 Å². The fourth-order valence-electron chi connectivity index (χ4n) is 3.94. The van der Waals surface area contributed by atoms with Gasteiger partial charge >= 0.3 is 0 Å². The van der Waals surface area contributed by atoms with Crippen molar-refractivity contribution in [2.45, 2.75) is 57.9 Å². The maximum Gasteiger partial charge on any atom is 0.259 e. The molecular formula is C25H30N4O3S2. The van der Waals surface area contributed by atoms with E-state index in [0.29, 0.717) is 35.9 Å². The molecule has 0 spiro atoms.